The summed E-state index contributed by atoms with van der Waals surface area (Å²) in [6, 6.07) is 2.16. The maximum absolute atomic E-state index is 13.3. The number of amides is 1. The van der Waals surface area contributed by atoms with Gasteiger partial charge < -0.3 is 11.1 Å². The normalized spacial score (nSPS) is 11.3. The van der Waals surface area contributed by atoms with E-state index < -0.39 is 28.3 Å². The number of likely N-dealkylation sites (N-methyl/N-ethyl adjacent to an activating group) is 1. The number of hydrogen-bond acceptors (Lipinski definition) is 4. The van der Waals surface area contributed by atoms with Gasteiger partial charge in [0.05, 0.1) is 17.1 Å². The minimum absolute atomic E-state index is 0.121. The van der Waals surface area contributed by atoms with Gasteiger partial charge in [0.25, 0.3) is 0 Å². The van der Waals surface area contributed by atoms with E-state index in [1.165, 1.54) is 14.0 Å². The third kappa shape index (κ3) is 3.17. The van der Waals surface area contributed by atoms with Gasteiger partial charge in [0, 0.05) is 7.05 Å². The highest BCUT2D eigenvalue weighted by atomic mass is 32.2. The van der Waals surface area contributed by atoms with Crippen molar-refractivity contribution in [2.24, 2.45) is 0 Å². The molecule has 0 aliphatic heterocycles. The molecule has 0 bridgehead atoms. The van der Waals surface area contributed by atoms with E-state index in [9.17, 15) is 17.6 Å². The maximum Gasteiger partial charge on any atom is 0.241 e. The molecule has 0 aliphatic rings. The highest BCUT2D eigenvalue weighted by Gasteiger charge is 2.18. The van der Waals surface area contributed by atoms with Gasteiger partial charge in [0.1, 0.15) is 5.82 Å². The molecule has 0 unspecified atom stereocenters. The van der Waals surface area contributed by atoms with Crippen molar-refractivity contribution < 1.29 is 17.6 Å². The molecule has 1 rings (SSSR count). The fourth-order valence-electron chi connectivity index (χ4n) is 1.25. The Bertz CT molecular complexity index is 549. The zero-order valence-corrected chi connectivity index (χ0v) is 10.8. The number of hydrogen-bond donors (Lipinski definition) is 3. The number of nitrogen functional groups attached to an aromatic ring is 1. The third-order valence-electron chi connectivity index (χ3n) is 2.27. The Hall–Kier alpha value is -1.67. The molecule has 18 heavy (non-hydrogen) atoms. The van der Waals surface area contributed by atoms with Crippen LogP contribution in [0.2, 0.25) is 0 Å². The summed E-state index contributed by atoms with van der Waals surface area (Å²) in [6.45, 7) is 1.01. The number of benzene rings is 1. The number of carbonyl (C=O) groups is 1. The molecule has 0 saturated carbocycles. The van der Waals surface area contributed by atoms with E-state index in [1.807, 2.05) is 0 Å². The average Bonchev–Trinajstić information content (AvgIpc) is 2.32. The standard InChI is InChI=1S/C10H14FN3O3S/c1-6-3-7(4-8(12)10(6)11)18(16,17)14-5-9(15)13-2/h3-4,14H,5,12H2,1-2H3,(H,13,15). The Morgan fingerprint density at radius 3 is 2.56 bits per heavy atom. The van der Waals surface area contributed by atoms with E-state index in [4.69, 9.17) is 5.73 Å². The average molecular weight is 275 g/mol. The summed E-state index contributed by atoms with van der Waals surface area (Å²) < 4.78 is 38.9. The van der Waals surface area contributed by atoms with Gasteiger partial charge in [-0.2, -0.15) is 0 Å². The van der Waals surface area contributed by atoms with Gasteiger partial charge in [0.2, 0.25) is 15.9 Å². The minimum Gasteiger partial charge on any atom is -0.396 e. The van der Waals surface area contributed by atoms with E-state index in [1.54, 1.807) is 0 Å². The molecule has 1 aromatic carbocycles. The Morgan fingerprint density at radius 1 is 1.44 bits per heavy atom. The minimum atomic E-state index is -3.88. The topological polar surface area (TPSA) is 101 Å². The van der Waals surface area contributed by atoms with Crippen LogP contribution in [-0.2, 0) is 14.8 Å². The lowest BCUT2D eigenvalue weighted by Crippen LogP contribution is -2.35. The van der Waals surface area contributed by atoms with Crippen molar-refractivity contribution in [3.05, 3.63) is 23.5 Å². The molecule has 6 nitrogen and oxygen atoms in total. The van der Waals surface area contributed by atoms with Gasteiger partial charge in [-0.3, -0.25) is 4.79 Å². The maximum atomic E-state index is 13.3. The van der Waals surface area contributed by atoms with Crippen molar-refractivity contribution in [2.45, 2.75) is 11.8 Å². The number of carbonyl (C=O) groups excluding carboxylic acids is 1. The molecular weight excluding hydrogens is 261 g/mol. The second-order valence-electron chi connectivity index (χ2n) is 3.64. The van der Waals surface area contributed by atoms with Crippen molar-refractivity contribution in [1.82, 2.24) is 10.0 Å². The van der Waals surface area contributed by atoms with Crippen LogP contribution in [0.1, 0.15) is 5.56 Å². The second-order valence-corrected chi connectivity index (χ2v) is 5.41. The molecular formula is C10H14FN3O3S. The molecule has 0 spiro atoms. The molecule has 0 radical (unpaired) electrons. The highest BCUT2D eigenvalue weighted by Crippen LogP contribution is 2.20. The number of sulfonamides is 1. The van der Waals surface area contributed by atoms with E-state index in [2.05, 4.69) is 10.0 Å². The summed E-state index contributed by atoms with van der Waals surface area (Å²) >= 11 is 0. The van der Waals surface area contributed by atoms with E-state index >= 15 is 0 Å². The van der Waals surface area contributed by atoms with Gasteiger partial charge >= 0.3 is 0 Å². The molecule has 1 aromatic rings. The summed E-state index contributed by atoms with van der Waals surface area (Å²) in [4.78, 5) is 10.8. The number of aryl methyl sites for hydroxylation is 1. The van der Waals surface area contributed by atoms with Crippen LogP contribution in [0.3, 0.4) is 0 Å². The highest BCUT2D eigenvalue weighted by molar-refractivity contribution is 7.89. The lowest BCUT2D eigenvalue weighted by molar-refractivity contribution is -0.119. The predicted octanol–water partition coefficient (Wildman–Crippen LogP) is -0.259. The fourth-order valence-corrected chi connectivity index (χ4v) is 2.35. The quantitative estimate of drug-likeness (QED) is 0.659. The molecule has 0 fully saturated rings. The molecule has 0 saturated heterocycles. The van der Waals surface area contributed by atoms with Gasteiger partial charge in [0.15, 0.2) is 0 Å². The zero-order valence-electron chi connectivity index (χ0n) is 9.95. The van der Waals surface area contributed by atoms with Crippen LogP contribution in [-0.4, -0.2) is 27.9 Å². The number of halogens is 1. The molecule has 100 valence electrons. The van der Waals surface area contributed by atoms with E-state index in [0.717, 1.165) is 12.1 Å². The first-order valence-electron chi connectivity index (χ1n) is 5.04. The molecule has 1 amide bonds. The summed E-state index contributed by atoms with van der Waals surface area (Å²) in [5, 5.41) is 2.27. The third-order valence-corrected chi connectivity index (χ3v) is 3.65. The van der Waals surface area contributed by atoms with Crippen molar-refractivity contribution in [3.8, 4) is 0 Å². The molecule has 0 atom stereocenters. The Kier molecular flexibility index (Phi) is 4.25. The number of rotatable bonds is 4. The van der Waals surface area contributed by atoms with Gasteiger partial charge in [-0.05, 0) is 24.6 Å². The van der Waals surface area contributed by atoms with Crippen LogP contribution >= 0.6 is 0 Å². The van der Waals surface area contributed by atoms with Crippen LogP contribution in [0.5, 0.6) is 0 Å². The smallest absolute Gasteiger partial charge is 0.241 e. The van der Waals surface area contributed by atoms with Crippen LogP contribution in [0, 0.1) is 12.7 Å². The summed E-state index contributed by atoms with van der Waals surface area (Å²) in [7, 11) is -2.50. The van der Waals surface area contributed by atoms with E-state index in [-0.39, 0.29) is 16.1 Å². The summed E-state index contributed by atoms with van der Waals surface area (Å²) in [5.74, 6) is -1.13. The van der Waals surface area contributed by atoms with Crippen molar-refractivity contribution >= 4 is 21.6 Å². The first-order chi connectivity index (χ1) is 8.27. The Labute approximate surface area is 104 Å². The zero-order chi connectivity index (χ0) is 13.9. The lowest BCUT2D eigenvalue weighted by atomic mass is 10.2. The lowest BCUT2D eigenvalue weighted by Gasteiger charge is -2.08. The monoisotopic (exact) mass is 275 g/mol. The van der Waals surface area contributed by atoms with Crippen molar-refractivity contribution in [3.63, 3.8) is 0 Å². The number of nitrogens with two attached hydrogens (primary N) is 1. The first kappa shape index (κ1) is 14.4. The van der Waals surface area contributed by atoms with Crippen molar-refractivity contribution in [2.75, 3.05) is 19.3 Å². The molecule has 0 heterocycles. The van der Waals surface area contributed by atoms with Gasteiger partial charge in [-0.1, -0.05) is 0 Å². The first-order valence-corrected chi connectivity index (χ1v) is 6.52. The van der Waals surface area contributed by atoms with Crippen molar-refractivity contribution in [1.29, 1.82) is 0 Å². The molecule has 4 N–H and O–H groups in total. The summed E-state index contributed by atoms with van der Waals surface area (Å²) in [5.41, 5.74) is 5.22. The van der Waals surface area contributed by atoms with Crippen LogP contribution in [0.4, 0.5) is 10.1 Å². The number of nitrogens with one attached hydrogen (secondary N) is 2. The summed E-state index contributed by atoms with van der Waals surface area (Å²) in [6.07, 6.45) is 0. The Balaban J connectivity index is 3.02. The van der Waals surface area contributed by atoms with Crippen LogP contribution in [0.25, 0.3) is 0 Å². The molecule has 8 heteroatoms. The van der Waals surface area contributed by atoms with Crippen LogP contribution < -0.4 is 15.8 Å². The largest absolute Gasteiger partial charge is 0.396 e. The molecule has 0 aromatic heterocycles. The SMILES string of the molecule is CNC(=O)CNS(=O)(=O)c1cc(C)c(F)c(N)c1. The number of anilines is 1. The fraction of sp³-hybridized carbons (Fsp3) is 0.300. The van der Waals surface area contributed by atoms with Crippen LogP contribution in [0.15, 0.2) is 17.0 Å². The van der Waals surface area contributed by atoms with E-state index in [0.29, 0.717) is 0 Å². The molecule has 0 aliphatic carbocycles. The Morgan fingerprint density at radius 2 is 2.06 bits per heavy atom. The second kappa shape index (κ2) is 5.32. The predicted molar refractivity (Wildman–Crippen MR) is 64.8 cm³/mol. The van der Waals surface area contributed by atoms with Gasteiger partial charge in [-0.15, -0.1) is 0 Å². The van der Waals surface area contributed by atoms with Gasteiger partial charge in [-0.25, -0.2) is 17.5 Å².